The number of carbonyl (C=O) groups is 1. The Labute approximate surface area is 210 Å². The summed E-state index contributed by atoms with van der Waals surface area (Å²) in [5, 5.41) is 3.29. The van der Waals surface area contributed by atoms with Crippen molar-refractivity contribution in [1.82, 2.24) is 19.3 Å². The number of aromatic nitrogens is 4. The Morgan fingerprint density at radius 3 is 2.62 bits per heavy atom. The normalized spacial score (nSPS) is 10.9. The molecule has 0 atom stereocenters. The van der Waals surface area contributed by atoms with E-state index in [2.05, 4.69) is 15.3 Å². The summed E-state index contributed by atoms with van der Waals surface area (Å²) in [6.07, 6.45) is 4.68. The van der Waals surface area contributed by atoms with Gasteiger partial charge in [-0.25, -0.2) is 9.07 Å². The highest BCUT2D eigenvalue weighted by molar-refractivity contribution is 6.05. The third kappa shape index (κ3) is 4.40. The molecule has 37 heavy (non-hydrogen) atoms. The molecule has 3 heterocycles. The van der Waals surface area contributed by atoms with Gasteiger partial charge in [0, 0.05) is 42.6 Å². The van der Waals surface area contributed by atoms with E-state index in [4.69, 9.17) is 9.47 Å². The van der Waals surface area contributed by atoms with Crippen molar-refractivity contribution in [3.63, 3.8) is 0 Å². The topological polar surface area (TPSA) is 100 Å². The van der Waals surface area contributed by atoms with Crippen LogP contribution >= 0.6 is 0 Å². The fraction of sp³-hybridized carbons (Fsp3) is 0.111. The van der Waals surface area contributed by atoms with Crippen LogP contribution in [0.15, 0.2) is 78.0 Å². The summed E-state index contributed by atoms with van der Waals surface area (Å²) >= 11 is 0. The average Bonchev–Trinajstić information content (AvgIpc) is 3.13. The van der Waals surface area contributed by atoms with Crippen LogP contribution in [0.25, 0.3) is 16.6 Å². The lowest BCUT2D eigenvalue weighted by molar-refractivity contribution is 0.102. The molecule has 0 aliphatic rings. The van der Waals surface area contributed by atoms with Gasteiger partial charge in [0.1, 0.15) is 17.1 Å². The van der Waals surface area contributed by atoms with E-state index in [0.717, 1.165) is 6.07 Å². The maximum absolute atomic E-state index is 15.0. The zero-order chi connectivity index (χ0) is 26.1. The quantitative estimate of drug-likeness (QED) is 0.366. The molecule has 3 aromatic heterocycles. The molecule has 9 nitrogen and oxygen atoms in total. The van der Waals surface area contributed by atoms with Gasteiger partial charge in [0.2, 0.25) is 0 Å². The molecule has 0 radical (unpaired) electrons. The average molecular weight is 500 g/mol. The van der Waals surface area contributed by atoms with Crippen LogP contribution in [-0.2, 0) is 7.05 Å². The number of hydrogen-bond acceptors (Lipinski definition) is 6. The molecule has 0 bridgehead atoms. The first-order valence-electron chi connectivity index (χ1n) is 11.3. The highest BCUT2D eigenvalue weighted by atomic mass is 19.1. The lowest BCUT2D eigenvalue weighted by Gasteiger charge is -2.11. The molecule has 0 unspecified atom stereocenters. The Kier molecular flexibility index (Phi) is 6.14. The van der Waals surface area contributed by atoms with E-state index in [-0.39, 0.29) is 17.0 Å². The lowest BCUT2D eigenvalue weighted by Crippen LogP contribution is -2.25. The number of halogens is 1. The molecule has 186 valence electrons. The number of nitrogens with one attached hydrogen (secondary N) is 1. The van der Waals surface area contributed by atoms with Crippen LogP contribution in [0.2, 0.25) is 0 Å². The number of nitrogens with zero attached hydrogens (tertiary/aromatic N) is 4. The van der Waals surface area contributed by atoms with E-state index in [1.165, 1.54) is 23.0 Å². The first-order chi connectivity index (χ1) is 17.9. The maximum atomic E-state index is 15.0. The Morgan fingerprint density at radius 2 is 1.89 bits per heavy atom. The van der Waals surface area contributed by atoms with E-state index in [0.29, 0.717) is 33.8 Å². The third-order valence-electron chi connectivity index (χ3n) is 5.99. The van der Waals surface area contributed by atoms with Crippen LogP contribution in [0.5, 0.6) is 17.2 Å². The zero-order valence-corrected chi connectivity index (χ0v) is 20.2. The molecule has 0 spiro atoms. The highest BCUT2D eigenvalue weighted by Crippen LogP contribution is 2.32. The molecule has 5 aromatic rings. The monoisotopic (exact) mass is 499 g/mol. The predicted octanol–water partition coefficient (Wildman–Crippen LogP) is 4.62. The number of carbonyl (C=O) groups excluding carboxylic acids is 1. The van der Waals surface area contributed by atoms with Crippen molar-refractivity contribution < 1.29 is 18.7 Å². The molecule has 0 aliphatic heterocycles. The van der Waals surface area contributed by atoms with Gasteiger partial charge >= 0.3 is 0 Å². The summed E-state index contributed by atoms with van der Waals surface area (Å²) in [6.45, 7) is 1.66. The molecule has 5 rings (SSSR count). The van der Waals surface area contributed by atoms with Crippen LogP contribution in [-0.4, -0.2) is 32.3 Å². The number of amides is 1. The maximum Gasteiger partial charge on any atom is 0.284 e. The minimum Gasteiger partial charge on any atom is -0.497 e. The van der Waals surface area contributed by atoms with Gasteiger partial charge in [0.05, 0.1) is 30.2 Å². The van der Waals surface area contributed by atoms with Crippen molar-refractivity contribution in [2.24, 2.45) is 7.05 Å². The number of ether oxygens (including phenoxy) is 2. The van der Waals surface area contributed by atoms with E-state index in [9.17, 15) is 14.0 Å². The smallest absolute Gasteiger partial charge is 0.284 e. The molecule has 1 N–H and O–H groups in total. The molecular weight excluding hydrogens is 477 g/mol. The number of rotatable bonds is 6. The van der Waals surface area contributed by atoms with Crippen molar-refractivity contribution in [2.45, 2.75) is 6.92 Å². The van der Waals surface area contributed by atoms with Gasteiger partial charge in [-0.1, -0.05) is 0 Å². The summed E-state index contributed by atoms with van der Waals surface area (Å²) in [4.78, 5) is 34.4. The summed E-state index contributed by atoms with van der Waals surface area (Å²) in [5.41, 5.74) is 1.23. The summed E-state index contributed by atoms with van der Waals surface area (Å²) < 4.78 is 28.9. The van der Waals surface area contributed by atoms with Gasteiger partial charge < -0.3 is 14.8 Å². The van der Waals surface area contributed by atoms with Crippen LogP contribution < -0.4 is 20.3 Å². The van der Waals surface area contributed by atoms with Crippen molar-refractivity contribution in [2.75, 3.05) is 12.4 Å². The molecular formula is C27H22FN5O4. The van der Waals surface area contributed by atoms with Gasteiger partial charge in [-0.15, -0.1) is 0 Å². The molecule has 0 aliphatic carbocycles. The number of benzene rings is 2. The summed E-state index contributed by atoms with van der Waals surface area (Å²) in [7, 11) is 3.23. The van der Waals surface area contributed by atoms with Gasteiger partial charge in [-0.3, -0.25) is 24.2 Å². The minimum atomic E-state index is -0.686. The fourth-order valence-corrected chi connectivity index (χ4v) is 4.03. The van der Waals surface area contributed by atoms with Crippen LogP contribution in [0.3, 0.4) is 0 Å². The number of methoxy groups -OCH3 is 1. The second-order valence-corrected chi connectivity index (χ2v) is 8.21. The highest BCUT2D eigenvalue weighted by Gasteiger charge is 2.23. The summed E-state index contributed by atoms with van der Waals surface area (Å²) in [6, 6.07) is 14.4. The number of anilines is 1. The SMILES string of the molecule is COc1ccc2c(Oc3ccc(NC(=O)c4c(C)n(C)n(-c5cccnc5)c4=O)cc3F)ccnc2c1. The first-order valence-corrected chi connectivity index (χ1v) is 11.3. The molecule has 0 fully saturated rings. The fourth-order valence-electron chi connectivity index (χ4n) is 4.03. The molecule has 0 saturated heterocycles. The number of pyridine rings is 2. The van der Waals surface area contributed by atoms with E-state index < -0.39 is 17.3 Å². The minimum absolute atomic E-state index is 0.0314. The van der Waals surface area contributed by atoms with Gasteiger partial charge in [-0.05, 0) is 49.4 Å². The van der Waals surface area contributed by atoms with Gasteiger partial charge in [0.25, 0.3) is 11.5 Å². The predicted molar refractivity (Wildman–Crippen MR) is 136 cm³/mol. The van der Waals surface area contributed by atoms with Crippen LogP contribution in [0, 0.1) is 12.7 Å². The van der Waals surface area contributed by atoms with Crippen molar-refractivity contribution in [3.8, 4) is 22.9 Å². The van der Waals surface area contributed by atoms with E-state index in [1.807, 2.05) is 0 Å². The Bertz CT molecular complexity index is 1700. The summed E-state index contributed by atoms with van der Waals surface area (Å²) in [5.74, 6) is -0.309. The van der Waals surface area contributed by atoms with E-state index in [1.54, 1.807) is 74.6 Å². The Morgan fingerprint density at radius 1 is 1.05 bits per heavy atom. The zero-order valence-electron chi connectivity index (χ0n) is 20.2. The Hall–Kier alpha value is -4.99. The number of fused-ring (bicyclic) bond motifs is 1. The van der Waals surface area contributed by atoms with Gasteiger partial charge in [-0.2, -0.15) is 0 Å². The molecule has 10 heteroatoms. The van der Waals surface area contributed by atoms with Crippen molar-refractivity contribution >= 4 is 22.5 Å². The second kappa shape index (κ2) is 9.57. The standard InChI is InChI=1S/C27H22FN5O4/c1-16-25(27(35)33(32(16)2)18-5-4-11-29-15-18)26(34)31-17-6-9-24(21(28)13-17)37-23-10-12-30-22-14-19(36-3)7-8-20(22)23/h4-15H,1-3H3,(H,31,34). The van der Waals surface area contributed by atoms with Crippen LogP contribution in [0.1, 0.15) is 16.1 Å². The molecule has 1 amide bonds. The van der Waals surface area contributed by atoms with Crippen molar-refractivity contribution in [1.29, 1.82) is 0 Å². The molecule has 0 saturated carbocycles. The lowest BCUT2D eigenvalue weighted by atomic mass is 10.2. The third-order valence-corrected chi connectivity index (χ3v) is 5.99. The Balaban J connectivity index is 1.39. The largest absolute Gasteiger partial charge is 0.497 e. The number of hydrogen-bond donors (Lipinski definition) is 1. The molecule has 2 aromatic carbocycles. The van der Waals surface area contributed by atoms with Crippen LogP contribution in [0.4, 0.5) is 10.1 Å². The second-order valence-electron chi connectivity index (χ2n) is 8.21. The van der Waals surface area contributed by atoms with E-state index >= 15 is 0 Å². The van der Waals surface area contributed by atoms with Crippen molar-refractivity contribution in [3.05, 3.63) is 101 Å². The van der Waals surface area contributed by atoms with Gasteiger partial charge in [0.15, 0.2) is 11.6 Å². The first kappa shape index (κ1) is 23.7.